The first-order valence-electron chi connectivity index (χ1n) is 11.7. The van der Waals surface area contributed by atoms with Crippen molar-refractivity contribution in [3.05, 3.63) is 120 Å². The summed E-state index contributed by atoms with van der Waals surface area (Å²) in [5.41, 5.74) is 4.90. The van der Waals surface area contributed by atoms with Crippen molar-refractivity contribution in [3.63, 3.8) is 0 Å². The summed E-state index contributed by atoms with van der Waals surface area (Å²) in [4.78, 5) is 12.7. The summed E-state index contributed by atoms with van der Waals surface area (Å²) in [7, 11) is 0. The lowest BCUT2D eigenvalue weighted by atomic mass is 10.1. The summed E-state index contributed by atoms with van der Waals surface area (Å²) in [5, 5.41) is 3.32. The largest absolute Gasteiger partial charge is 0.416 e. The normalized spacial score (nSPS) is 11.1. The highest BCUT2D eigenvalue weighted by Gasteiger charge is 2.31. The van der Waals surface area contributed by atoms with Crippen molar-refractivity contribution >= 4 is 11.5 Å². The second-order valence-electron chi connectivity index (χ2n) is 8.76. The molecule has 0 saturated heterocycles. The third-order valence-electron chi connectivity index (χ3n) is 5.86. The van der Waals surface area contributed by atoms with Crippen LogP contribution in [0.5, 0.6) is 0 Å². The number of alkyl halides is 3. The number of nitrogens with zero attached hydrogens (tertiary/aromatic N) is 4. The van der Waals surface area contributed by atoms with Crippen LogP contribution >= 0.6 is 0 Å². The van der Waals surface area contributed by atoms with Crippen molar-refractivity contribution in [2.75, 3.05) is 5.32 Å². The SMILES string of the molecule is Cc1cn(-c2cc(C#Cc3ccc(C)c(Nc4cc(-c5cccnc5)ccn4)c3)cc(C(F)(F)F)c2)cn1. The van der Waals surface area contributed by atoms with Gasteiger partial charge in [-0.2, -0.15) is 13.2 Å². The van der Waals surface area contributed by atoms with E-state index in [4.69, 9.17) is 0 Å². The molecule has 1 N–H and O–H groups in total. The van der Waals surface area contributed by atoms with E-state index in [1.807, 2.05) is 49.4 Å². The van der Waals surface area contributed by atoms with E-state index in [1.54, 1.807) is 42.3 Å². The fourth-order valence-corrected chi connectivity index (χ4v) is 3.89. The highest BCUT2D eigenvalue weighted by molar-refractivity contribution is 5.69. The maximum Gasteiger partial charge on any atom is 0.416 e. The minimum atomic E-state index is -4.50. The van der Waals surface area contributed by atoms with Gasteiger partial charge in [0.05, 0.1) is 17.6 Å². The Morgan fingerprint density at radius 3 is 2.42 bits per heavy atom. The molecule has 5 nitrogen and oxygen atoms in total. The molecule has 38 heavy (non-hydrogen) atoms. The van der Waals surface area contributed by atoms with Crippen molar-refractivity contribution in [3.8, 4) is 28.7 Å². The molecule has 0 atom stereocenters. The first-order chi connectivity index (χ1) is 18.2. The van der Waals surface area contributed by atoms with Crippen LogP contribution in [0.25, 0.3) is 16.8 Å². The highest BCUT2D eigenvalue weighted by Crippen LogP contribution is 2.32. The molecule has 5 rings (SSSR count). The van der Waals surface area contributed by atoms with Crippen LogP contribution in [0.15, 0.2) is 91.8 Å². The first-order valence-corrected chi connectivity index (χ1v) is 11.7. The third kappa shape index (κ3) is 5.73. The molecular formula is C30H22F3N5. The summed E-state index contributed by atoms with van der Waals surface area (Å²) < 4.78 is 42.3. The molecule has 0 aliphatic heterocycles. The monoisotopic (exact) mass is 509 g/mol. The van der Waals surface area contributed by atoms with Crippen molar-refractivity contribution < 1.29 is 13.2 Å². The van der Waals surface area contributed by atoms with Crippen LogP contribution in [0, 0.1) is 25.7 Å². The maximum absolute atomic E-state index is 13.6. The van der Waals surface area contributed by atoms with Gasteiger partial charge in [0.15, 0.2) is 0 Å². The highest BCUT2D eigenvalue weighted by atomic mass is 19.4. The molecule has 3 heterocycles. The van der Waals surface area contributed by atoms with Crippen LogP contribution in [0.4, 0.5) is 24.7 Å². The van der Waals surface area contributed by atoms with Gasteiger partial charge in [0, 0.05) is 52.9 Å². The Bertz CT molecular complexity index is 1660. The fraction of sp³-hybridized carbons (Fsp3) is 0.100. The van der Waals surface area contributed by atoms with E-state index in [9.17, 15) is 13.2 Å². The second-order valence-corrected chi connectivity index (χ2v) is 8.76. The van der Waals surface area contributed by atoms with Gasteiger partial charge in [-0.25, -0.2) is 9.97 Å². The molecule has 0 aliphatic rings. The van der Waals surface area contributed by atoms with Crippen LogP contribution in [0.3, 0.4) is 0 Å². The van der Waals surface area contributed by atoms with Gasteiger partial charge in [-0.3, -0.25) is 4.98 Å². The number of rotatable bonds is 4. The van der Waals surface area contributed by atoms with Gasteiger partial charge < -0.3 is 9.88 Å². The van der Waals surface area contributed by atoms with Gasteiger partial charge in [-0.05, 0) is 73.5 Å². The first kappa shape index (κ1) is 24.8. The lowest BCUT2D eigenvalue weighted by molar-refractivity contribution is -0.137. The molecule has 0 unspecified atom stereocenters. The van der Waals surface area contributed by atoms with E-state index in [-0.39, 0.29) is 5.56 Å². The van der Waals surface area contributed by atoms with E-state index >= 15 is 0 Å². The molecular weight excluding hydrogens is 487 g/mol. The number of hydrogen-bond donors (Lipinski definition) is 1. The lowest BCUT2D eigenvalue weighted by Crippen LogP contribution is -2.07. The van der Waals surface area contributed by atoms with Crippen LogP contribution < -0.4 is 5.32 Å². The molecule has 8 heteroatoms. The number of halogens is 3. The number of imidazole rings is 1. The molecule has 0 radical (unpaired) electrons. The molecule has 5 aromatic rings. The number of pyridine rings is 2. The zero-order chi connectivity index (χ0) is 26.7. The smallest absolute Gasteiger partial charge is 0.340 e. The Kier molecular flexibility index (Phi) is 6.67. The molecule has 0 aliphatic carbocycles. The standard InChI is InChI=1S/C30H22F3N5/c1-20-5-6-22(14-28(20)37-29-15-24(9-11-35-29)25-4-3-10-34-17-25)7-8-23-12-26(30(31,32)33)16-27(13-23)38-18-21(2)36-19-38/h3-6,9-19H,1-2H3,(H,35,37). The molecule has 3 aromatic heterocycles. The van der Waals surface area contributed by atoms with Crippen LogP contribution in [-0.4, -0.2) is 19.5 Å². The van der Waals surface area contributed by atoms with Gasteiger partial charge >= 0.3 is 6.18 Å². The summed E-state index contributed by atoms with van der Waals surface area (Å²) in [6.45, 7) is 3.73. The predicted molar refractivity (Wildman–Crippen MR) is 141 cm³/mol. The molecule has 0 amide bonds. The average molecular weight is 510 g/mol. The molecule has 0 fully saturated rings. The topological polar surface area (TPSA) is 55.6 Å². The predicted octanol–water partition coefficient (Wildman–Crippen LogP) is 7.11. The summed E-state index contributed by atoms with van der Waals surface area (Å²) in [5.74, 6) is 6.55. The summed E-state index contributed by atoms with van der Waals surface area (Å²) in [6.07, 6.45) is 3.88. The van der Waals surface area contributed by atoms with Crippen LogP contribution in [0.2, 0.25) is 0 Å². The number of anilines is 2. The molecule has 188 valence electrons. The molecule has 0 bridgehead atoms. The molecule has 2 aromatic carbocycles. The van der Waals surface area contributed by atoms with E-state index in [0.29, 0.717) is 22.8 Å². The quantitative estimate of drug-likeness (QED) is 0.262. The van der Waals surface area contributed by atoms with Gasteiger partial charge in [0.25, 0.3) is 0 Å². The Morgan fingerprint density at radius 2 is 1.68 bits per heavy atom. The van der Waals surface area contributed by atoms with Gasteiger partial charge in [-0.15, -0.1) is 0 Å². The van der Waals surface area contributed by atoms with Gasteiger partial charge in [0.1, 0.15) is 5.82 Å². The van der Waals surface area contributed by atoms with E-state index < -0.39 is 11.7 Å². The molecule has 0 saturated carbocycles. The second kappa shape index (κ2) is 10.2. The zero-order valence-electron chi connectivity index (χ0n) is 20.6. The van der Waals surface area contributed by atoms with Crippen molar-refractivity contribution in [2.45, 2.75) is 20.0 Å². The Hall–Kier alpha value is -4.90. The summed E-state index contributed by atoms with van der Waals surface area (Å²) >= 11 is 0. The number of hydrogen-bond acceptors (Lipinski definition) is 4. The van der Waals surface area contributed by atoms with Crippen LogP contribution in [0.1, 0.15) is 27.9 Å². The van der Waals surface area contributed by atoms with Gasteiger partial charge in [0.2, 0.25) is 0 Å². The van der Waals surface area contributed by atoms with Crippen LogP contribution in [-0.2, 0) is 6.18 Å². The van der Waals surface area contributed by atoms with Gasteiger partial charge in [-0.1, -0.05) is 24.0 Å². The number of aryl methyl sites for hydroxylation is 2. The Balaban J connectivity index is 1.45. The molecule has 0 spiro atoms. The Morgan fingerprint density at radius 1 is 0.842 bits per heavy atom. The summed E-state index contributed by atoms with van der Waals surface area (Å²) in [6, 6.07) is 17.0. The number of aromatic nitrogens is 4. The Labute approximate surface area is 218 Å². The fourth-order valence-electron chi connectivity index (χ4n) is 3.89. The maximum atomic E-state index is 13.6. The number of benzene rings is 2. The van der Waals surface area contributed by atoms with E-state index in [1.165, 1.54) is 6.33 Å². The van der Waals surface area contributed by atoms with E-state index in [0.717, 1.165) is 34.5 Å². The van der Waals surface area contributed by atoms with Crippen molar-refractivity contribution in [1.29, 1.82) is 0 Å². The lowest BCUT2D eigenvalue weighted by Gasteiger charge is -2.11. The van der Waals surface area contributed by atoms with E-state index in [2.05, 4.69) is 32.1 Å². The third-order valence-corrected chi connectivity index (χ3v) is 5.86. The minimum Gasteiger partial charge on any atom is -0.340 e. The number of nitrogens with one attached hydrogen (secondary N) is 1. The average Bonchev–Trinajstić information content (AvgIpc) is 3.35. The zero-order valence-corrected chi connectivity index (χ0v) is 20.6. The van der Waals surface area contributed by atoms with Crippen molar-refractivity contribution in [2.24, 2.45) is 0 Å². The minimum absolute atomic E-state index is 0.252. The van der Waals surface area contributed by atoms with Crippen molar-refractivity contribution in [1.82, 2.24) is 19.5 Å².